The van der Waals surface area contributed by atoms with E-state index in [1.165, 1.54) is 4.90 Å². The van der Waals surface area contributed by atoms with Gasteiger partial charge in [-0.25, -0.2) is 14.6 Å². The van der Waals surface area contributed by atoms with Gasteiger partial charge in [0.1, 0.15) is 17.2 Å². The smallest absolute Gasteiger partial charge is 0.416 e. The molecule has 11 nitrogen and oxygen atoms in total. The van der Waals surface area contributed by atoms with Crippen molar-refractivity contribution in [2.24, 2.45) is 0 Å². The number of rotatable bonds is 9. The maximum atomic E-state index is 13.7. The first-order chi connectivity index (χ1) is 20.9. The second-order valence-corrected chi connectivity index (χ2v) is 19.6. The van der Waals surface area contributed by atoms with Crippen molar-refractivity contribution >= 4 is 37.8 Å². The third kappa shape index (κ3) is 8.15. The van der Waals surface area contributed by atoms with Gasteiger partial charge in [0.05, 0.1) is 25.4 Å². The SMILES string of the molecule is CC(C)c1cnn2c(N(Cc3ccccc3)C(=O)OC(C)(C)C)cc(NC3CC(CO[Si](C)(C)C(C)(C)C)N(C(=O)O)C3)nc12. The third-order valence-corrected chi connectivity index (χ3v) is 13.1. The van der Waals surface area contributed by atoms with Crippen molar-refractivity contribution in [1.82, 2.24) is 19.5 Å². The van der Waals surface area contributed by atoms with Crippen LogP contribution in [0.1, 0.15) is 78.9 Å². The second-order valence-electron chi connectivity index (χ2n) is 14.8. The Morgan fingerprint density at radius 2 is 1.80 bits per heavy atom. The zero-order valence-electron chi connectivity index (χ0n) is 28.4. The van der Waals surface area contributed by atoms with Gasteiger partial charge in [-0.2, -0.15) is 9.61 Å². The quantitative estimate of drug-likeness (QED) is 0.233. The zero-order chi connectivity index (χ0) is 33.3. The Balaban J connectivity index is 1.70. The first-order valence-corrected chi connectivity index (χ1v) is 18.6. The Morgan fingerprint density at radius 3 is 2.38 bits per heavy atom. The molecule has 2 aromatic heterocycles. The highest BCUT2D eigenvalue weighted by atomic mass is 28.4. The number of nitrogens with one attached hydrogen (secondary N) is 1. The van der Waals surface area contributed by atoms with E-state index in [1.807, 2.05) is 51.1 Å². The van der Waals surface area contributed by atoms with E-state index < -0.39 is 26.1 Å². The largest absolute Gasteiger partial charge is 0.465 e. The van der Waals surface area contributed by atoms with Crippen LogP contribution >= 0.6 is 0 Å². The summed E-state index contributed by atoms with van der Waals surface area (Å²) in [4.78, 5) is 34.0. The number of fused-ring (bicyclic) bond motifs is 1. The van der Waals surface area contributed by atoms with Crippen molar-refractivity contribution in [2.45, 2.75) is 110 Å². The summed E-state index contributed by atoms with van der Waals surface area (Å²) >= 11 is 0. The van der Waals surface area contributed by atoms with Crippen LogP contribution in [-0.2, 0) is 15.7 Å². The van der Waals surface area contributed by atoms with Gasteiger partial charge in [-0.1, -0.05) is 65.0 Å². The molecule has 0 spiro atoms. The molecule has 2 atom stereocenters. The molecule has 0 radical (unpaired) electrons. The van der Waals surface area contributed by atoms with E-state index >= 15 is 0 Å². The first-order valence-electron chi connectivity index (χ1n) is 15.7. The molecule has 45 heavy (non-hydrogen) atoms. The van der Waals surface area contributed by atoms with Crippen LogP contribution in [0, 0.1) is 0 Å². The normalized spacial score (nSPS) is 17.6. The lowest BCUT2D eigenvalue weighted by Crippen LogP contribution is -2.45. The molecular weight excluding hydrogens is 588 g/mol. The summed E-state index contributed by atoms with van der Waals surface area (Å²) in [6.45, 7) is 21.4. The third-order valence-electron chi connectivity index (χ3n) is 8.63. The molecule has 1 saturated heterocycles. The topological polar surface area (TPSA) is 122 Å². The highest BCUT2D eigenvalue weighted by Crippen LogP contribution is 2.37. The van der Waals surface area contributed by atoms with Gasteiger partial charge in [0.25, 0.3) is 0 Å². The minimum absolute atomic E-state index is 0.0200. The maximum absolute atomic E-state index is 13.7. The summed E-state index contributed by atoms with van der Waals surface area (Å²) in [6.07, 6.45) is 0.877. The molecule has 4 rings (SSSR count). The number of likely N-dealkylation sites (tertiary alicyclic amines) is 1. The fourth-order valence-corrected chi connectivity index (χ4v) is 6.15. The summed E-state index contributed by atoms with van der Waals surface area (Å²) in [5.41, 5.74) is 1.77. The molecule has 1 fully saturated rings. The molecule has 246 valence electrons. The number of carbonyl (C=O) groups is 2. The Hall–Kier alpha value is -3.64. The minimum atomic E-state index is -2.06. The van der Waals surface area contributed by atoms with Crippen molar-refractivity contribution < 1.29 is 23.9 Å². The van der Waals surface area contributed by atoms with Crippen LogP contribution in [0.5, 0.6) is 0 Å². The number of carboxylic acid groups (broad SMARTS) is 1. The molecule has 0 bridgehead atoms. The van der Waals surface area contributed by atoms with E-state index in [1.54, 1.807) is 21.7 Å². The van der Waals surface area contributed by atoms with E-state index in [2.05, 4.69) is 58.1 Å². The van der Waals surface area contributed by atoms with Crippen LogP contribution in [0.2, 0.25) is 18.1 Å². The molecule has 0 aliphatic carbocycles. The number of anilines is 2. The summed E-state index contributed by atoms with van der Waals surface area (Å²) in [5.74, 6) is 1.16. The maximum Gasteiger partial charge on any atom is 0.416 e. The van der Waals surface area contributed by atoms with Gasteiger partial charge >= 0.3 is 12.2 Å². The van der Waals surface area contributed by atoms with Gasteiger partial charge in [-0.15, -0.1) is 0 Å². The van der Waals surface area contributed by atoms with E-state index in [4.69, 9.17) is 14.1 Å². The predicted octanol–water partition coefficient (Wildman–Crippen LogP) is 7.35. The highest BCUT2D eigenvalue weighted by Gasteiger charge is 2.41. The van der Waals surface area contributed by atoms with Crippen molar-refractivity contribution in [2.75, 3.05) is 23.4 Å². The second kappa shape index (κ2) is 13.0. The number of ether oxygens (including phenoxy) is 1. The van der Waals surface area contributed by atoms with Gasteiger partial charge < -0.3 is 24.5 Å². The average Bonchev–Trinajstić information content (AvgIpc) is 3.54. The molecule has 12 heteroatoms. The molecule has 3 aromatic rings. The number of amides is 2. The molecule has 2 unspecified atom stereocenters. The molecule has 1 aliphatic rings. The lowest BCUT2D eigenvalue weighted by Gasteiger charge is -2.37. The number of aromatic nitrogens is 3. The lowest BCUT2D eigenvalue weighted by atomic mass is 10.1. The summed E-state index contributed by atoms with van der Waals surface area (Å²) in [6, 6.07) is 11.0. The van der Waals surface area contributed by atoms with E-state index in [-0.39, 0.29) is 29.6 Å². The van der Waals surface area contributed by atoms with Crippen LogP contribution in [-0.4, -0.2) is 75.9 Å². The lowest BCUT2D eigenvalue weighted by molar-refractivity contribution is 0.0575. The Labute approximate surface area is 268 Å². The van der Waals surface area contributed by atoms with Crippen LogP contribution in [0.4, 0.5) is 21.2 Å². The summed E-state index contributed by atoms with van der Waals surface area (Å²) < 4.78 is 14.0. The van der Waals surface area contributed by atoms with E-state index in [0.717, 1.165) is 11.1 Å². The monoisotopic (exact) mass is 638 g/mol. The van der Waals surface area contributed by atoms with E-state index in [0.29, 0.717) is 36.9 Å². The fourth-order valence-electron chi connectivity index (χ4n) is 5.10. The standard InChI is InChI=1S/C33H50N6O5Si/c1-22(2)26-18-34-39-28(38(31(42)44-32(3,4)5)19-23-14-12-11-13-15-23)17-27(36-29(26)39)35-24-16-25(37(20-24)30(40)41)21-43-45(9,10)33(6,7)8/h11-15,17-18,22,24-25H,16,19-21H2,1-10H3,(H,35,36)(H,40,41). The van der Waals surface area contributed by atoms with E-state index in [9.17, 15) is 14.7 Å². The minimum Gasteiger partial charge on any atom is -0.465 e. The van der Waals surface area contributed by atoms with Crippen LogP contribution in [0.15, 0.2) is 42.6 Å². The van der Waals surface area contributed by atoms with Gasteiger partial charge in [0.15, 0.2) is 14.0 Å². The molecule has 1 aromatic carbocycles. The zero-order valence-corrected chi connectivity index (χ0v) is 29.4. The molecule has 1 aliphatic heterocycles. The van der Waals surface area contributed by atoms with Crippen molar-refractivity contribution in [3.63, 3.8) is 0 Å². The van der Waals surface area contributed by atoms with Gasteiger partial charge in [-0.05, 0) is 56.8 Å². The molecule has 2 amide bonds. The number of carbonyl (C=O) groups excluding carboxylic acids is 1. The predicted molar refractivity (Wildman–Crippen MR) is 180 cm³/mol. The van der Waals surface area contributed by atoms with Crippen LogP contribution in [0.3, 0.4) is 0 Å². The molecule has 3 heterocycles. The molecular formula is C33H50N6O5Si. The number of benzene rings is 1. The first kappa shape index (κ1) is 34.2. The van der Waals surface area contributed by atoms with Crippen molar-refractivity contribution in [1.29, 1.82) is 0 Å². The molecule has 2 N–H and O–H groups in total. The van der Waals surface area contributed by atoms with Gasteiger partial charge in [0.2, 0.25) is 0 Å². The number of hydrogen-bond acceptors (Lipinski definition) is 7. The van der Waals surface area contributed by atoms with Crippen molar-refractivity contribution in [3.8, 4) is 0 Å². The summed E-state index contributed by atoms with van der Waals surface area (Å²) in [7, 11) is -2.06. The van der Waals surface area contributed by atoms with Crippen molar-refractivity contribution in [3.05, 3.63) is 53.7 Å². The van der Waals surface area contributed by atoms with Gasteiger partial charge in [-0.3, -0.25) is 4.90 Å². The fraction of sp³-hybridized carbons (Fsp3) is 0.576. The van der Waals surface area contributed by atoms with Crippen LogP contribution < -0.4 is 10.2 Å². The highest BCUT2D eigenvalue weighted by molar-refractivity contribution is 6.74. The van der Waals surface area contributed by atoms with Gasteiger partial charge in [0, 0.05) is 24.2 Å². The average molecular weight is 639 g/mol. The number of hydrogen-bond donors (Lipinski definition) is 2. The van der Waals surface area contributed by atoms with Crippen LogP contribution in [0.25, 0.3) is 5.65 Å². The number of nitrogens with zero attached hydrogens (tertiary/aromatic N) is 5. The Bertz CT molecular complexity index is 1490. The molecule has 0 saturated carbocycles. The Morgan fingerprint density at radius 1 is 1.13 bits per heavy atom. The Kier molecular flexibility index (Phi) is 9.89. The summed E-state index contributed by atoms with van der Waals surface area (Å²) in [5, 5.41) is 18.2.